The Morgan fingerprint density at radius 2 is 2.04 bits per heavy atom. The van der Waals surface area contributed by atoms with E-state index in [1.165, 1.54) is 0 Å². The van der Waals surface area contributed by atoms with Gasteiger partial charge in [0.2, 0.25) is 0 Å². The first-order valence-electron chi connectivity index (χ1n) is 9.39. The predicted octanol–water partition coefficient (Wildman–Crippen LogP) is 1.47. The summed E-state index contributed by atoms with van der Waals surface area (Å²) < 4.78 is 7.66. The fourth-order valence-electron chi connectivity index (χ4n) is 3.29. The predicted molar refractivity (Wildman–Crippen MR) is 110 cm³/mol. The number of nitrogen functional groups attached to an aromatic ring is 1. The third-order valence-electron chi connectivity index (χ3n) is 4.88. The number of aliphatic hydroxyl groups excluding tert-OH is 2. The Morgan fingerprint density at radius 3 is 2.70 bits per heavy atom. The van der Waals surface area contributed by atoms with Crippen molar-refractivity contribution in [2.45, 2.75) is 57.1 Å². The van der Waals surface area contributed by atoms with Gasteiger partial charge in [-0.1, -0.05) is 13.3 Å². The Morgan fingerprint density at radius 1 is 1.30 bits per heavy atom. The Bertz CT molecular complexity index is 849. The van der Waals surface area contributed by atoms with Gasteiger partial charge in [-0.25, -0.2) is 15.0 Å². The van der Waals surface area contributed by atoms with Crippen molar-refractivity contribution in [3.8, 4) is 0 Å². The SMILES string of the molecule is C=P(C)(C)CC[C@H]1O[C@@H](n2cnc3c(N)nc(CCCC)nc32)[C@H](O)[C@@H]1O. The van der Waals surface area contributed by atoms with E-state index in [0.29, 0.717) is 29.2 Å². The number of aliphatic hydroxyl groups is 2. The molecule has 1 aliphatic rings. The topological polar surface area (TPSA) is 119 Å². The van der Waals surface area contributed by atoms with E-state index in [9.17, 15) is 10.2 Å². The second-order valence-corrected chi connectivity index (χ2v) is 12.3. The number of hydrogen-bond acceptors (Lipinski definition) is 7. The molecular weight excluding hydrogens is 365 g/mol. The molecule has 3 heterocycles. The van der Waals surface area contributed by atoms with Crippen LogP contribution in [0.1, 0.15) is 38.2 Å². The molecule has 2 aromatic heterocycles. The minimum absolute atomic E-state index is 0.318. The maximum Gasteiger partial charge on any atom is 0.167 e. The molecule has 0 radical (unpaired) electrons. The van der Waals surface area contributed by atoms with Crippen molar-refractivity contribution in [2.24, 2.45) is 0 Å². The van der Waals surface area contributed by atoms with Crippen LogP contribution in [-0.4, -0.2) is 73.8 Å². The van der Waals surface area contributed by atoms with Crippen LogP contribution in [0.15, 0.2) is 6.33 Å². The summed E-state index contributed by atoms with van der Waals surface area (Å²) >= 11 is 0. The van der Waals surface area contributed by atoms with Gasteiger partial charge in [-0.2, -0.15) is 0 Å². The molecule has 0 aliphatic carbocycles. The molecule has 0 spiro atoms. The van der Waals surface area contributed by atoms with Crippen LogP contribution in [0.25, 0.3) is 11.2 Å². The molecule has 2 aromatic rings. The second kappa shape index (κ2) is 7.87. The average molecular weight is 395 g/mol. The van der Waals surface area contributed by atoms with E-state index in [-0.39, 0.29) is 0 Å². The number of nitrogens with two attached hydrogens (primary N) is 1. The zero-order chi connectivity index (χ0) is 19.8. The van der Waals surface area contributed by atoms with Gasteiger partial charge in [0.1, 0.15) is 23.5 Å². The molecule has 27 heavy (non-hydrogen) atoms. The number of nitrogens with zero attached hydrogens (tertiary/aromatic N) is 4. The van der Waals surface area contributed by atoms with Crippen LogP contribution in [0.5, 0.6) is 0 Å². The molecule has 4 atom stereocenters. The van der Waals surface area contributed by atoms with Gasteiger partial charge in [-0.05, 0) is 32.3 Å². The molecule has 8 nitrogen and oxygen atoms in total. The maximum absolute atomic E-state index is 10.6. The van der Waals surface area contributed by atoms with Crippen molar-refractivity contribution in [2.75, 3.05) is 25.2 Å². The highest BCUT2D eigenvalue weighted by Crippen LogP contribution is 2.40. The highest BCUT2D eigenvalue weighted by atomic mass is 31.2. The third kappa shape index (κ3) is 4.35. The maximum atomic E-state index is 10.6. The largest absolute Gasteiger partial charge is 0.388 e. The number of anilines is 1. The Balaban J connectivity index is 1.88. The summed E-state index contributed by atoms with van der Waals surface area (Å²) in [6.45, 7) is 5.15. The molecule has 1 aliphatic heterocycles. The number of fused-ring (bicyclic) bond motifs is 1. The lowest BCUT2D eigenvalue weighted by Crippen LogP contribution is -2.31. The van der Waals surface area contributed by atoms with Crippen molar-refractivity contribution in [1.82, 2.24) is 19.5 Å². The average Bonchev–Trinajstić information content (AvgIpc) is 3.13. The first kappa shape index (κ1) is 20.3. The van der Waals surface area contributed by atoms with Crippen LogP contribution >= 0.6 is 6.89 Å². The van der Waals surface area contributed by atoms with E-state index in [2.05, 4.69) is 41.5 Å². The monoisotopic (exact) mass is 395 g/mol. The van der Waals surface area contributed by atoms with Crippen LogP contribution < -0.4 is 5.73 Å². The fraction of sp³-hybridized carbons (Fsp3) is 0.667. The molecule has 4 N–H and O–H groups in total. The van der Waals surface area contributed by atoms with Gasteiger partial charge in [0, 0.05) is 6.42 Å². The van der Waals surface area contributed by atoms with Crippen molar-refractivity contribution in [3.63, 3.8) is 0 Å². The summed E-state index contributed by atoms with van der Waals surface area (Å²) in [5, 5.41) is 21.0. The molecule has 0 amide bonds. The molecule has 1 saturated heterocycles. The minimum atomic E-state index is -1.24. The first-order chi connectivity index (χ1) is 12.7. The van der Waals surface area contributed by atoms with E-state index in [1.54, 1.807) is 10.9 Å². The summed E-state index contributed by atoms with van der Waals surface area (Å²) in [6.07, 6.45) is 6.78. The van der Waals surface area contributed by atoms with Gasteiger partial charge in [0.15, 0.2) is 17.7 Å². The number of imidazole rings is 1. The molecule has 0 saturated carbocycles. The summed E-state index contributed by atoms with van der Waals surface area (Å²) in [7, 11) is 0. The van der Waals surface area contributed by atoms with Crippen LogP contribution in [-0.2, 0) is 11.2 Å². The van der Waals surface area contributed by atoms with E-state index in [1.807, 2.05) is 0 Å². The lowest BCUT2D eigenvalue weighted by molar-refractivity contribution is -0.0353. The van der Waals surface area contributed by atoms with Gasteiger partial charge < -0.3 is 20.7 Å². The van der Waals surface area contributed by atoms with Gasteiger partial charge in [0.25, 0.3) is 0 Å². The number of ether oxygens (including phenoxy) is 1. The smallest absolute Gasteiger partial charge is 0.167 e. The molecule has 3 rings (SSSR count). The third-order valence-corrected chi connectivity index (χ3v) is 6.35. The molecular formula is C18H30N5O3P. The number of aromatic nitrogens is 4. The first-order valence-corrected chi connectivity index (χ1v) is 12.4. The van der Waals surface area contributed by atoms with Crippen LogP contribution in [0.2, 0.25) is 0 Å². The number of aryl methyl sites for hydroxylation is 1. The highest BCUT2D eigenvalue weighted by Gasteiger charge is 2.44. The number of rotatable bonds is 7. The van der Waals surface area contributed by atoms with Gasteiger partial charge in [-0.3, -0.25) is 4.57 Å². The molecule has 150 valence electrons. The normalized spacial score (nSPS) is 26.1. The van der Waals surface area contributed by atoms with Crippen molar-refractivity contribution < 1.29 is 14.9 Å². The van der Waals surface area contributed by atoms with Gasteiger partial charge in [0.05, 0.1) is 12.4 Å². The van der Waals surface area contributed by atoms with Crippen molar-refractivity contribution >= 4 is 30.2 Å². The lowest BCUT2D eigenvalue weighted by Gasteiger charge is -2.18. The van der Waals surface area contributed by atoms with Crippen LogP contribution in [0.4, 0.5) is 5.82 Å². The quantitative estimate of drug-likeness (QED) is 0.607. The highest BCUT2D eigenvalue weighted by molar-refractivity contribution is 7.72. The fourth-order valence-corrected chi connectivity index (χ4v) is 4.25. The van der Waals surface area contributed by atoms with E-state index in [0.717, 1.165) is 25.4 Å². The standard InChI is InChI=1S/C18H30N5O3P/c1-5-6-7-12-21-16(19)13-17(22-12)23(10-20-13)18-15(25)14(24)11(26-18)8-9-27(2,3)4/h10-11,14-15,18,24-25H,2,5-9H2,1,3-4H3,(H2,19,21,22)/t11-,14-,15-,18-/m1/s1. The van der Waals surface area contributed by atoms with E-state index >= 15 is 0 Å². The summed E-state index contributed by atoms with van der Waals surface area (Å²) in [5.74, 6) is 0.967. The van der Waals surface area contributed by atoms with Crippen LogP contribution in [0.3, 0.4) is 0 Å². The lowest BCUT2D eigenvalue weighted by atomic mass is 10.1. The van der Waals surface area contributed by atoms with E-state index in [4.69, 9.17) is 10.5 Å². The molecule has 0 aromatic carbocycles. The van der Waals surface area contributed by atoms with Gasteiger partial charge in [-0.15, -0.1) is 13.2 Å². The Hall–Kier alpha value is -1.47. The second-order valence-electron chi connectivity index (χ2n) is 7.95. The Kier molecular flexibility index (Phi) is 5.91. The number of unbranched alkanes of at least 4 members (excludes halogenated alkanes) is 1. The summed E-state index contributed by atoms with van der Waals surface area (Å²) in [5.41, 5.74) is 7.05. The molecule has 1 fully saturated rings. The zero-order valence-corrected chi connectivity index (χ0v) is 17.1. The summed E-state index contributed by atoms with van der Waals surface area (Å²) in [4.78, 5) is 13.2. The van der Waals surface area contributed by atoms with Crippen molar-refractivity contribution in [1.29, 1.82) is 0 Å². The summed E-state index contributed by atoms with van der Waals surface area (Å²) in [6, 6.07) is 0. The Labute approximate surface area is 159 Å². The zero-order valence-electron chi connectivity index (χ0n) is 16.2. The minimum Gasteiger partial charge on any atom is -0.388 e. The number of hydrogen-bond donors (Lipinski definition) is 3. The van der Waals surface area contributed by atoms with Crippen molar-refractivity contribution in [3.05, 3.63) is 12.2 Å². The molecule has 9 heteroatoms. The molecule has 0 bridgehead atoms. The molecule has 0 unspecified atom stereocenters. The van der Waals surface area contributed by atoms with Gasteiger partial charge >= 0.3 is 0 Å². The van der Waals surface area contributed by atoms with E-state index < -0.39 is 31.4 Å². The van der Waals surface area contributed by atoms with Crippen LogP contribution in [0, 0.1) is 0 Å².